The molecule has 0 radical (unpaired) electrons. The van der Waals surface area contributed by atoms with E-state index in [1.807, 2.05) is 22.9 Å². The molecule has 0 amide bonds. The van der Waals surface area contributed by atoms with Crippen molar-refractivity contribution in [2.45, 2.75) is 26.0 Å². The molecule has 1 aromatic rings. The second-order valence-corrected chi connectivity index (χ2v) is 3.92. The number of nitrogens with zero attached hydrogens (tertiary/aromatic N) is 1. The maximum Gasteiger partial charge on any atom is 0.166 e. The third-order valence-corrected chi connectivity index (χ3v) is 3.17. The Morgan fingerprint density at radius 2 is 2.36 bits per heavy atom. The minimum absolute atomic E-state index is 0.280. The monoisotopic (exact) mass is 193 g/mol. The Morgan fingerprint density at radius 1 is 1.57 bits per heavy atom. The summed E-state index contributed by atoms with van der Waals surface area (Å²) in [7, 11) is 0. The van der Waals surface area contributed by atoms with E-state index in [-0.39, 0.29) is 6.10 Å². The SMILES string of the molecule is CC1OCC(n2cccc2C=O)C1C. The molecule has 3 nitrogen and oxygen atoms in total. The van der Waals surface area contributed by atoms with Crippen molar-refractivity contribution in [1.29, 1.82) is 0 Å². The van der Waals surface area contributed by atoms with Gasteiger partial charge in [-0.15, -0.1) is 0 Å². The van der Waals surface area contributed by atoms with E-state index in [0.29, 0.717) is 18.6 Å². The lowest BCUT2D eigenvalue weighted by atomic mass is 10.0. The largest absolute Gasteiger partial charge is 0.376 e. The van der Waals surface area contributed by atoms with Crippen molar-refractivity contribution in [3.63, 3.8) is 0 Å². The van der Waals surface area contributed by atoms with E-state index in [2.05, 4.69) is 13.8 Å². The zero-order chi connectivity index (χ0) is 10.1. The van der Waals surface area contributed by atoms with E-state index in [1.165, 1.54) is 0 Å². The highest BCUT2D eigenvalue weighted by molar-refractivity contribution is 5.72. The quantitative estimate of drug-likeness (QED) is 0.672. The maximum atomic E-state index is 10.8. The van der Waals surface area contributed by atoms with Crippen molar-refractivity contribution in [2.24, 2.45) is 5.92 Å². The van der Waals surface area contributed by atoms with Gasteiger partial charge in [-0.3, -0.25) is 4.79 Å². The van der Waals surface area contributed by atoms with E-state index in [1.54, 1.807) is 0 Å². The first-order chi connectivity index (χ1) is 6.74. The number of hydrogen-bond acceptors (Lipinski definition) is 2. The summed E-state index contributed by atoms with van der Waals surface area (Å²) >= 11 is 0. The lowest BCUT2D eigenvalue weighted by Gasteiger charge is -2.18. The molecule has 14 heavy (non-hydrogen) atoms. The zero-order valence-corrected chi connectivity index (χ0v) is 8.51. The van der Waals surface area contributed by atoms with Gasteiger partial charge >= 0.3 is 0 Å². The van der Waals surface area contributed by atoms with Crippen LogP contribution in [0.15, 0.2) is 18.3 Å². The van der Waals surface area contributed by atoms with Crippen LogP contribution in [-0.4, -0.2) is 23.6 Å². The Kier molecular flexibility index (Phi) is 2.42. The first-order valence-corrected chi connectivity index (χ1v) is 4.97. The number of rotatable bonds is 2. The lowest BCUT2D eigenvalue weighted by molar-refractivity contribution is 0.107. The number of hydrogen-bond donors (Lipinski definition) is 0. The number of carbonyl (C=O) groups excluding carboxylic acids is 1. The minimum Gasteiger partial charge on any atom is -0.376 e. The van der Waals surface area contributed by atoms with Crippen LogP contribution in [0.2, 0.25) is 0 Å². The fourth-order valence-corrected chi connectivity index (χ4v) is 2.01. The van der Waals surface area contributed by atoms with Crippen LogP contribution in [-0.2, 0) is 4.74 Å². The Balaban J connectivity index is 2.27. The number of aromatic nitrogens is 1. The second kappa shape index (κ2) is 3.58. The van der Waals surface area contributed by atoms with Crippen LogP contribution in [0.4, 0.5) is 0 Å². The molecule has 0 bridgehead atoms. The highest BCUT2D eigenvalue weighted by Gasteiger charge is 2.32. The Bertz CT molecular complexity index is 332. The maximum absolute atomic E-state index is 10.8. The summed E-state index contributed by atoms with van der Waals surface area (Å²) in [6.07, 6.45) is 3.13. The van der Waals surface area contributed by atoms with Crippen LogP contribution < -0.4 is 0 Å². The molecule has 3 atom stereocenters. The minimum atomic E-state index is 0.280. The predicted molar refractivity (Wildman–Crippen MR) is 53.4 cm³/mol. The highest BCUT2D eigenvalue weighted by atomic mass is 16.5. The molecular formula is C11H15NO2. The molecular weight excluding hydrogens is 178 g/mol. The van der Waals surface area contributed by atoms with Crippen LogP contribution in [0.25, 0.3) is 0 Å². The van der Waals surface area contributed by atoms with Crippen molar-refractivity contribution in [3.05, 3.63) is 24.0 Å². The molecule has 2 heterocycles. The summed E-state index contributed by atoms with van der Waals surface area (Å²) in [5.41, 5.74) is 0.736. The molecule has 0 spiro atoms. The number of carbonyl (C=O) groups is 1. The average Bonchev–Trinajstić information content (AvgIpc) is 2.75. The third-order valence-electron chi connectivity index (χ3n) is 3.17. The molecule has 76 valence electrons. The summed E-state index contributed by atoms with van der Waals surface area (Å²) < 4.78 is 7.58. The molecule has 1 aromatic heterocycles. The van der Waals surface area contributed by atoms with Crippen LogP contribution in [0, 0.1) is 5.92 Å². The predicted octanol–water partition coefficient (Wildman–Crippen LogP) is 1.90. The van der Waals surface area contributed by atoms with Crippen molar-refractivity contribution >= 4 is 6.29 Å². The Labute approximate surface area is 83.7 Å². The van der Waals surface area contributed by atoms with Gasteiger partial charge in [-0.25, -0.2) is 0 Å². The van der Waals surface area contributed by atoms with Gasteiger partial charge < -0.3 is 9.30 Å². The van der Waals surface area contributed by atoms with E-state index in [0.717, 1.165) is 12.0 Å². The van der Waals surface area contributed by atoms with E-state index >= 15 is 0 Å². The van der Waals surface area contributed by atoms with Crippen molar-refractivity contribution < 1.29 is 9.53 Å². The molecule has 1 aliphatic heterocycles. The van der Waals surface area contributed by atoms with Crippen LogP contribution in [0.5, 0.6) is 0 Å². The average molecular weight is 193 g/mol. The van der Waals surface area contributed by atoms with Crippen LogP contribution in [0.3, 0.4) is 0 Å². The smallest absolute Gasteiger partial charge is 0.166 e. The molecule has 1 aliphatic rings. The van der Waals surface area contributed by atoms with Gasteiger partial charge in [0.1, 0.15) is 0 Å². The van der Waals surface area contributed by atoms with Crippen molar-refractivity contribution in [3.8, 4) is 0 Å². The fourth-order valence-electron chi connectivity index (χ4n) is 2.01. The summed E-state index contributed by atoms with van der Waals surface area (Å²) in [6.45, 7) is 4.95. The molecule has 3 heteroatoms. The molecule has 0 N–H and O–H groups in total. The summed E-state index contributed by atoms with van der Waals surface area (Å²) in [6, 6.07) is 4.04. The van der Waals surface area contributed by atoms with Crippen molar-refractivity contribution in [2.75, 3.05) is 6.61 Å². The molecule has 1 saturated heterocycles. The van der Waals surface area contributed by atoms with E-state index < -0.39 is 0 Å². The van der Waals surface area contributed by atoms with Gasteiger partial charge in [0.2, 0.25) is 0 Å². The molecule has 2 rings (SSSR count). The van der Waals surface area contributed by atoms with Gasteiger partial charge in [0.25, 0.3) is 0 Å². The molecule has 3 unspecified atom stereocenters. The van der Waals surface area contributed by atoms with Gasteiger partial charge in [0.05, 0.1) is 24.4 Å². The third kappa shape index (κ3) is 1.38. The van der Waals surface area contributed by atoms with Gasteiger partial charge in [0, 0.05) is 12.1 Å². The fraction of sp³-hybridized carbons (Fsp3) is 0.545. The summed E-state index contributed by atoms with van der Waals surface area (Å²) in [5, 5.41) is 0. The van der Waals surface area contributed by atoms with Gasteiger partial charge in [0.15, 0.2) is 6.29 Å². The number of ether oxygens (including phenoxy) is 1. The first-order valence-electron chi connectivity index (χ1n) is 4.97. The van der Waals surface area contributed by atoms with Gasteiger partial charge in [-0.2, -0.15) is 0 Å². The van der Waals surface area contributed by atoms with Gasteiger partial charge in [-0.1, -0.05) is 6.92 Å². The van der Waals surface area contributed by atoms with E-state index in [9.17, 15) is 4.79 Å². The Morgan fingerprint density at radius 3 is 2.93 bits per heavy atom. The first kappa shape index (κ1) is 9.46. The van der Waals surface area contributed by atoms with Crippen LogP contribution in [0.1, 0.15) is 30.4 Å². The summed E-state index contributed by atoms with van der Waals surface area (Å²) in [4.78, 5) is 10.8. The molecule has 1 fully saturated rings. The van der Waals surface area contributed by atoms with Crippen LogP contribution >= 0.6 is 0 Å². The number of aldehydes is 1. The topological polar surface area (TPSA) is 31.2 Å². The normalized spacial score (nSPS) is 32.0. The van der Waals surface area contributed by atoms with E-state index in [4.69, 9.17) is 4.74 Å². The summed E-state index contributed by atoms with van der Waals surface area (Å²) in [5.74, 6) is 0.459. The van der Waals surface area contributed by atoms with Gasteiger partial charge in [-0.05, 0) is 19.1 Å². The van der Waals surface area contributed by atoms with Crippen molar-refractivity contribution in [1.82, 2.24) is 4.57 Å². The standard InChI is InChI=1S/C11H15NO2/c1-8-9(2)14-7-11(8)12-5-3-4-10(12)6-13/h3-6,8-9,11H,7H2,1-2H3. The highest BCUT2D eigenvalue weighted by Crippen LogP contribution is 2.31. The lowest BCUT2D eigenvalue weighted by Crippen LogP contribution is -2.19. The Hall–Kier alpha value is -1.09. The zero-order valence-electron chi connectivity index (χ0n) is 8.51. The molecule has 0 aliphatic carbocycles. The molecule has 0 aromatic carbocycles. The second-order valence-electron chi connectivity index (χ2n) is 3.92. The molecule has 0 saturated carbocycles.